The summed E-state index contributed by atoms with van der Waals surface area (Å²) >= 11 is 0. The highest BCUT2D eigenvalue weighted by Crippen LogP contribution is 2.42. The molecule has 1 aromatic rings. The summed E-state index contributed by atoms with van der Waals surface area (Å²) < 4.78 is 11.1. The summed E-state index contributed by atoms with van der Waals surface area (Å²) in [6.45, 7) is 0. The van der Waals surface area contributed by atoms with E-state index in [0.29, 0.717) is 17.9 Å². The van der Waals surface area contributed by atoms with Gasteiger partial charge in [-0.25, -0.2) is 0 Å². The van der Waals surface area contributed by atoms with Crippen LogP contribution < -0.4 is 9.47 Å². The van der Waals surface area contributed by atoms with Gasteiger partial charge in [0.15, 0.2) is 0 Å². The Morgan fingerprint density at radius 1 is 1.06 bits per heavy atom. The number of pyridine rings is 1. The highest BCUT2D eigenvalue weighted by atomic mass is 16.5. The van der Waals surface area contributed by atoms with Crippen molar-refractivity contribution in [3.63, 3.8) is 0 Å². The maximum absolute atomic E-state index is 5.99. The summed E-state index contributed by atoms with van der Waals surface area (Å²) in [5, 5.41) is 0. The number of rotatable bonds is 3. The molecular weight excluding hydrogens is 214 g/mol. The standard InChI is InChI=1S/C14H19NO2/c1-16-13-3-2-4-14(15-13)17-12-8-10-5-6-11(7-10)9-12/h2-4,10-12H,5-9H2,1H3/t10-,11+,12-. The molecule has 1 aromatic heterocycles. The minimum Gasteiger partial charge on any atom is -0.481 e. The van der Waals surface area contributed by atoms with Gasteiger partial charge in [-0.05, 0) is 31.1 Å². The minimum atomic E-state index is 0.362. The van der Waals surface area contributed by atoms with Crippen LogP contribution in [0.3, 0.4) is 0 Å². The van der Waals surface area contributed by atoms with Crippen molar-refractivity contribution in [2.24, 2.45) is 11.8 Å². The number of hydrogen-bond donors (Lipinski definition) is 0. The van der Waals surface area contributed by atoms with Gasteiger partial charge in [-0.15, -0.1) is 0 Å². The van der Waals surface area contributed by atoms with Crippen LogP contribution in [0, 0.1) is 11.8 Å². The summed E-state index contributed by atoms with van der Waals surface area (Å²) in [6, 6.07) is 5.69. The van der Waals surface area contributed by atoms with Gasteiger partial charge in [-0.2, -0.15) is 4.98 Å². The number of ether oxygens (including phenoxy) is 2. The van der Waals surface area contributed by atoms with E-state index in [2.05, 4.69) is 4.98 Å². The molecule has 2 aliphatic rings. The molecule has 2 saturated carbocycles. The van der Waals surface area contributed by atoms with Gasteiger partial charge in [-0.1, -0.05) is 18.9 Å². The van der Waals surface area contributed by atoms with Gasteiger partial charge in [-0.3, -0.25) is 0 Å². The Morgan fingerprint density at radius 2 is 1.76 bits per heavy atom. The van der Waals surface area contributed by atoms with Crippen LogP contribution in [0.15, 0.2) is 18.2 Å². The molecule has 1 heterocycles. The van der Waals surface area contributed by atoms with Gasteiger partial charge in [0.05, 0.1) is 7.11 Å². The summed E-state index contributed by atoms with van der Waals surface area (Å²) in [5.74, 6) is 3.12. The first kappa shape index (κ1) is 10.9. The Hall–Kier alpha value is -1.25. The molecule has 3 heteroatoms. The first-order valence-electron chi connectivity index (χ1n) is 6.51. The second-order valence-electron chi connectivity index (χ2n) is 5.27. The average Bonchev–Trinajstić information content (AvgIpc) is 2.69. The van der Waals surface area contributed by atoms with E-state index in [-0.39, 0.29) is 0 Å². The Balaban J connectivity index is 1.66. The van der Waals surface area contributed by atoms with E-state index in [9.17, 15) is 0 Å². The monoisotopic (exact) mass is 233 g/mol. The van der Waals surface area contributed by atoms with E-state index >= 15 is 0 Å². The van der Waals surface area contributed by atoms with E-state index in [4.69, 9.17) is 9.47 Å². The zero-order valence-electron chi connectivity index (χ0n) is 10.3. The minimum absolute atomic E-state index is 0.362. The van der Waals surface area contributed by atoms with Crippen molar-refractivity contribution >= 4 is 0 Å². The predicted molar refractivity (Wildman–Crippen MR) is 65.3 cm³/mol. The first-order chi connectivity index (χ1) is 8.33. The molecule has 2 bridgehead atoms. The quantitative estimate of drug-likeness (QED) is 0.804. The van der Waals surface area contributed by atoms with E-state index in [1.807, 2.05) is 18.2 Å². The van der Waals surface area contributed by atoms with Crippen LogP contribution in [0.1, 0.15) is 32.1 Å². The molecule has 3 atom stereocenters. The fourth-order valence-corrected chi connectivity index (χ4v) is 3.29. The smallest absolute Gasteiger partial charge is 0.216 e. The van der Waals surface area contributed by atoms with Gasteiger partial charge < -0.3 is 9.47 Å². The fourth-order valence-electron chi connectivity index (χ4n) is 3.29. The fraction of sp³-hybridized carbons (Fsp3) is 0.643. The lowest BCUT2D eigenvalue weighted by Crippen LogP contribution is -2.26. The van der Waals surface area contributed by atoms with Crippen LogP contribution in [-0.4, -0.2) is 18.2 Å². The molecule has 2 fully saturated rings. The molecule has 3 rings (SSSR count). The Morgan fingerprint density at radius 3 is 2.47 bits per heavy atom. The zero-order chi connectivity index (χ0) is 11.7. The Bertz CT molecular complexity index is 382. The summed E-state index contributed by atoms with van der Waals surface area (Å²) in [5.41, 5.74) is 0. The molecule has 17 heavy (non-hydrogen) atoms. The van der Waals surface area contributed by atoms with E-state index < -0.39 is 0 Å². The second kappa shape index (κ2) is 4.55. The lowest BCUT2D eigenvalue weighted by molar-refractivity contribution is 0.113. The van der Waals surface area contributed by atoms with Gasteiger partial charge in [0, 0.05) is 12.1 Å². The number of nitrogens with zero attached hydrogens (tertiary/aromatic N) is 1. The van der Waals surface area contributed by atoms with E-state index in [0.717, 1.165) is 11.8 Å². The molecule has 0 saturated heterocycles. The van der Waals surface area contributed by atoms with Crippen molar-refractivity contribution in [3.8, 4) is 11.8 Å². The Kier molecular flexibility index (Phi) is 2.91. The van der Waals surface area contributed by atoms with Crippen molar-refractivity contribution in [1.29, 1.82) is 0 Å². The van der Waals surface area contributed by atoms with Crippen molar-refractivity contribution in [3.05, 3.63) is 18.2 Å². The number of aromatic nitrogens is 1. The largest absolute Gasteiger partial charge is 0.481 e. The maximum atomic E-state index is 5.99. The zero-order valence-corrected chi connectivity index (χ0v) is 10.3. The van der Waals surface area contributed by atoms with Crippen molar-refractivity contribution in [1.82, 2.24) is 4.98 Å². The van der Waals surface area contributed by atoms with Crippen LogP contribution >= 0.6 is 0 Å². The predicted octanol–water partition coefficient (Wildman–Crippen LogP) is 3.05. The molecule has 0 N–H and O–H groups in total. The number of hydrogen-bond acceptors (Lipinski definition) is 3. The topological polar surface area (TPSA) is 31.4 Å². The van der Waals surface area contributed by atoms with Gasteiger partial charge in [0.25, 0.3) is 0 Å². The number of fused-ring (bicyclic) bond motifs is 2. The summed E-state index contributed by atoms with van der Waals surface area (Å²) in [7, 11) is 1.63. The van der Waals surface area contributed by atoms with Crippen LogP contribution in [0.25, 0.3) is 0 Å². The lowest BCUT2D eigenvalue weighted by atomic mass is 9.87. The van der Waals surface area contributed by atoms with E-state index in [1.165, 1.54) is 32.1 Å². The third kappa shape index (κ3) is 2.38. The van der Waals surface area contributed by atoms with Crippen molar-refractivity contribution in [2.45, 2.75) is 38.2 Å². The third-order valence-electron chi connectivity index (χ3n) is 4.04. The van der Waals surface area contributed by atoms with Crippen LogP contribution in [-0.2, 0) is 0 Å². The average molecular weight is 233 g/mol. The highest BCUT2D eigenvalue weighted by Gasteiger charge is 2.35. The Labute approximate surface area is 102 Å². The van der Waals surface area contributed by atoms with Gasteiger partial charge in [0.2, 0.25) is 11.8 Å². The molecule has 0 aromatic carbocycles. The lowest BCUT2D eigenvalue weighted by Gasteiger charge is -2.27. The van der Waals surface area contributed by atoms with Crippen molar-refractivity contribution < 1.29 is 9.47 Å². The normalized spacial score (nSPS) is 31.2. The molecule has 2 aliphatic carbocycles. The molecule has 0 aliphatic heterocycles. The molecule has 92 valence electrons. The number of methoxy groups -OCH3 is 1. The van der Waals surface area contributed by atoms with Crippen LogP contribution in [0.4, 0.5) is 0 Å². The van der Waals surface area contributed by atoms with Crippen molar-refractivity contribution in [2.75, 3.05) is 7.11 Å². The second-order valence-corrected chi connectivity index (χ2v) is 5.27. The van der Waals surface area contributed by atoms with Gasteiger partial charge >= 0.3 is 0 Å². The molecule has 0 radical (unpaired) electrons. The molecule has 0 spiro atoms. The highest BCUT2D eigenvalue weighted by molar-refractivity contribution is 5.19. The van der Waals surface area contributed by atoms with Gasteiger partial charge in [0.1, 0.15) is 6.10 Å². The SMILES string of the molecule is COc1cccc(O[C@@H]2C[C@@H]3CC[C@@H](C3)C2)n1. The van der Waals surface area contributed by atoms with Crippen LogP contribution in [0.2, 0.25) is 0 Å². The van der Waals surface area contributed by atoms with Crippen LogP contribution in [0.5, 0.6) is 11.8 Å². The summed E-state index contributed by atoms with van der Waals surface area (Å²) in [6.07, 6.45) is 6.99. The maximum Gasteiger partial charge on any atom is 0.216 e. The third-order valence-corrected chi connectivity index (χ3v) is 4.04. The molecule has 0 unspecified atom stereocenters. The van der Waals surface area contributed by atoms with E-state index in [1.54, 1.807) is 7.11 Å². The molecule has 0 amide bonds. The molecular formula is C14H19NO2. The summed E-state index contributed by atoms with van der Waals surface area (Å²) in [4.78, 5) is 4.31. The first-order valence-corrected chi connectivity index (χ1v) is 6.51. The molecule has 3 nitrogen and oxygen atoms in total.